The second kappa shape index (κ2) is 4.98. The molecule has 1 atom stereocenters. The largest absolute Gasteiger partial charge is 0.497 e. The highest BCUT2D eigenvalue weighted by Crippen LogP contribution is 2.45. The van der Waals surface area contributed by atoms with E-state index in [0.717, 1.165) is 24.2 Å². The van der Waals surface area contributed by atoms with E-state index in [1.807, 2.05) is 31.2 Å². The van der Waals surface area contributed by atoms with Crippen LogP contribution in [0.25, 0.3) is 0 Å². The fourth-order valence-corrected chi connectivity index (χ4v) is 2.02. The molecule has 0 aliphatic heterocycles. The summed E-state index contributed by atoms with van der Waals surface area (Å²) in [4.78, 5) is 12.1. The van der Waals surface area contributed by atoms with Crippen LogP contribution in [0.2, 0.25) is 0 Å². The van der Waals surface area contributed by atoms with Gasteiger partial charge < -0.3 is 15.8 Å². The van der Waals surface area contributed by atoms with Crippen LogP contribution in [0.3, 0.4) is 0 Å². The molecule has 0 unspecified atom stereocenters. The number of rotatable bonds is 5. The van der Waals surface area contributed by atoms with Crippen molar-refractivity contribution in [2.45, 2.75) is 25.8 Å². The molecule has 1 amide bonds. The van der Waals surface area contributed by atoms with Crippen LogP contribution >= 0.6 is 0 Å². The Hall–Kier alpha value is -1.55. The molecule has 1 aliphatic rings. The van der Waals surface area contributed by atoms with Crippen molar-refractivity contribution in [3.05, 3.63) is 29.8 Å². The molecular formula is C14H20N2O2. The third kappa shape index (κ3) is 2.48. The van der Waals surface area contributed by atoms with Crippen molar-refractivity contribution < 1.29 is 9.53 Å². The summed E-state index contributed by atoms with van der Waals surface area (Å²) in [6, 6.07) is 7.70. The summed E-state index contributed by atoms with van der Waals surface area (Å²) >= 11 is 0. The predicted octanol–water partition coefficient (Wildman–Crippen LogP) is 1.61. The van der Waals surface area contributed by atoms with Gasteiger partial charge in [0, 0.05) is 6.54 Å². The Morgan fingerprint density at radius 2 is 2.28 bits per heavy atom. The van der Waals surface area contributed by atoms with Gasteiger partial charge in [-0.1, -0.05) is 12.1 Å². The number of amides is 1. The lowest BCUT2D eigenvalue weighted by atomic mass is 10.0. The number of methoxy groups -OCH3 is 1. The van der Waals surface area contributed by atoms with E-state index in [1.54, 1.807) is 7.11 Å². The number of carbonyl (C=O) groups is 1. The zero-order valence-corrected chi connectivity index (χ0v) is 10.9. The summed E-state index contributed by atoms with van der Waals surface area (Å²) in [6.45, 7) is 2.41. The Balaban J connectivity index is 2.03. The van der Waals surface area contributed by atoms with Gasteiger partial charge in [0.25, 0.3) is 0 Å². The first-order valence-corrected chi connectivity index (χ1v) is 6.26. The van der Waals surface area contributed by atoms with Gasteiger partial charge in [-0.05, 0) is 37.5 Å². The second-order valence-electron chi connectivity index (χ2n) is 4.96. The third-order valence-corrected chi connectivity index (χ3v) is 3.67. The molecular weight excluding hydrogens is 228 g/mol. The van der Waals surface area contributed by atoms with E-state index in [9.17, 15) is 4.79 Å². The van der Waals surface area contributed by atoms with E-state index < -0.39 is 0 Å². The van der Waals surface area contributed by atoms with Gasteiger partial charge in [0.05, 0.1) is 18.6 Å². The highest BCUT2D eigenvalue weighted by Gasteiger charge is 2.48. The molecule has 2 rings (SSSR count). The highest BCUT2D eigenvalue weighted by atomic mass is 16.5. The molecule has 1 aliphatic carbocycles. The Morgan fingerprint density at radius 1 is 1.56 bits per heavy atom. The molecule has 3 N–H and O–H groups in total. The van der Waals surface area contributed by atoms with Crippen LogP contribution in [0, 0.1) is 5.41 Å². The first-order valence-electron chi connectivity index (χ1n) is 6.26. The average Bonchev–Trinajstić information content (AvgIpc) is 3.19. The van der Waals surface area contributed by atoms with Gasteiger partial charge >= 0.3 is 0 Å². The Labute approximate surface area is 108 Å². The first-order chi connectivity index (χ1) is 8.61. The van der Waals surface area contributed by atoms with Crippen molar-refractivity contribution in [1.29, 1.82) is 0 Å². The fourth-order valence-electron chi connectivity index (χ4n) is 2.02. The molecule has 1 fully saturated rings. The number of carbonyl (C=O) groups excluding carboxylic acids is 1. The third-order valence-electron chi connectivity index (χ3n) is 3.67. The van der Waals surface area contributed by atoms with E-state index in [0.29, 0.717) is 6.54 Å². The molecule has 1 saturated carbocycles. The van der Waals surface area contributed by atoms with Gasteiger partial charge in [-0.3, -0.25) is 4.79 Å². The Bertz CT molecular complexity index is 441. The zero-order valence-electron chi connectivity index (χ0n) is 10.9. The van der Waals surface area contributed by atoms with E-state index in [-0.39, 0.29) is 17.4 Å². The minimum atomic E-state index is -0.298. The SMILES string of the molecule is COc1cccc([C@H](C)NC(=O)C2(CN)CC2)c1. The quantitative estimate of drug-likeness (QED) is 0.832. The summed E-state index contributed by atoms with van der Waals surface area (Å²) < 4.78 is 5.18. The van der Waals surface area contributed by atoms with Crippen LogP contribution < -0.4 is 15.8 Å². The number of hydrogen-bond donors (Lipinski definition) is 2. The zero-order chi connectivity index (χ0) is 13.2. The number of benzene rings is 1. The van der Waals surface area contributed by atoms with Crippen molar-refractivity contribution in [2.75, 3.05) is 13.7 Å². The molecule has 0 heterocycles. The predicted molar refractivity (Wildman–Crippen MR) is 70.3 cm³/mol. The van der Waals surface area contributed by atoms with E-state index in [4.69, 9.17) is 10.5 Å². The molecule has 0 saturated heterocycles. The van der Waals surface area contributed by atoms with Crippen LogP contribution in [-0.2, 0) is 4.79 Å². The van der Waals surface area contributed by atoms with Gasteiger partial charge in [-0.15, -0.1) is 0 Å². The summed E-state index contributed by atoms with van der Waals surface area (Å²) in [5.74, 6) is 0.869. The minimum absolute atomic E-state index is 0.0309. The molecule has 18 heavy (non-hydrogen) atoms. The molecule has 0 radical (unpaired) electrons. The molecule has 0 spiro atoms. The van der Waals surface area contributed by atoms with Crippen molar-refractivity contribution in [2.24, 2.45) is 11.1 Å². The molecule has 1 aromatic carbocycles. The maximum absolute atomic E-state index is 12.1. The lowest BCUT2D eigenvalue weighted by Crippen LogP contribution is -2.37. The highest BCUT2D eigenvalue weighted by molar-refractivity contribution is 5.85. The Morgan fingerprint density at radius 3 is 2.83 bits per heavy atom. The summed E-state index contributed by atoms with van der Waals surface area (Å²) in [7, 11) is 1.63. The monoisotopic (exact) mass is 248 g/mol. The molecule has 4 heteroatoms. The van der Waals surface area contributed by atoms with Crippen molar-refractivity contribution in [3.8, 4) is 5.75 Å². The van der Waals surface area contributed by atoms with Crippen molar-refractivity contribution in [3.63, 3.8) is 0 Å². The molecule has 0 bridgehead atoms. The maximum Gasteiger partial charge on any atom is 0.227 e. The molecule has 98 valence electrons. The maximum atomic E-state index is 12.1. The van der Waals surface area contributed by atoms with Gasteiger partial charge in [0.2, 0.25) is 5.91 Å². The van der Waals surface area contributed by atoms with E-state index >= 15 is 0 Å². The number of nitrogens with one attached hydrogen (secondary N) is 1. The van der Waals surface area contributed by atoms with Gasteiger partial charge in [0.1, 0.15) is 5.75 Å². The van der Waals surface area contributed by atoms with Gasteiger partial charge in [-0.2, -0.15) is 0 Å². The van der Waals surface area contributed by atoms with Gasteiger partial charge in [0.15, 0.2) is 0 Å². The van der Waals surface area contributed by atoms with Crippen LogP contribution in [0.5, 0.6) is 5.75 Å². The van der Waals surface area contributed by atoms with Crippen LogP contribution in [0.1, 0.15) is 31.4 Å². The van der Waals surface area contributed by atoms with Crippen molar-refractivity contribution >= 4 is 5.91 Å². The molecule has 1 aromatic rings. The smallest absolute Gasteiger partial charge is 0.227 e. The lowest BCUT2D eigenvalue weighted by Gasteiger charge is -2.19. The van der Waals surface area contributed by atoms with Crippen LogP contribution in [0.15, 0.2) is 24.3 Å². The normalized spacial score (nSPS) is 17.9. The van der Waals surface area contributed by atoms with Gasteiger partial charge in [-0.25, -0.2) is 0 Å². The number of hydrogen-bond acceptors (Lipinski definition) is 3. The number of ether oxygens (including phenoxy) is 1. The van der Waals surface area contributed by atoms with E-state index in [1.165, 1.54) is 0 Å². The number of nitrogens with two attached hydrogens (primary N) is 1. The van der Waals surface area contributed by atoms with E-state index in [2.05, 4.69) is 5.32 Å². The Kier molecular flexibility index (Phi) is 3.57. The molecule has 0 aromatic heterocycles. The molecule has 4 nitrogen and oxygen atoms in total. The fraction of sp³-hybridized carbons (Fsp3) is 0.500. The second-order valence-corrected chi connectivity index (χ2v) is 4.96. The minimum Gasteiger partial charge on any atom is -0.497 e. The van der Waals surface area contributed by atoms with Crippen LogP contribution in [-0.4, -0.2) is 19.6 Å². The van der Waals surface area contributed by atoms with Crippen LogP contribution in [0.4, 0.5) is 0 Å². The first kappa shape index (κ1) is 12.9. The average molecular weight is 248 g/mol. The summed E-state index contributed by atoms with van der Waals surface area (Å²) in [5.41, 5.74) is 6.39. The lowest BCUT2D eigenvalue weighted by molar-refractivity contribution is -0.126. The standard InChI is InChI=1S/C14H20N2O2/c1-10(11-4-3-5-12(8-11)18-2)16-13(17)14(9-15)6-7-14/h3-5,8,10H,6-7,9,15H2,1-2H3,(H,16,17)/t10-/m0/s1. The van der Waals surface area contributed by atoms with Crippen molar-refractivity contribution in [1.82, 2.24) is 5.32 Å². The summed E-state index contributed by atoms with van der Waals surface area (Å²) in [5, 5.41) is 3.03. The summed E-state index contributed by atoms with van der Waals surface area (Å²) in [6.07, 6.45) is 1.81. The topological polar surface area (TPSA) is 64.3 Å².